The van der Waals surface area contributed by atoms with Gasteiger partial charge in [-0.25, -0.2) is 0 Å². The number of rotatable bonds is 7. The second-order valence-corrected chi connectivity index (χ2v) is 5.42. The van der Waals surface area contributed by atoms with Gasteiger partial charge in [-0.05, 0) is 0 Å². The molecule has 1 aliphatic heterocycles. The van der Waals surface area contributed by atoms with E-state index in [1.165, 1.54) is 28.1 Å². The first-order chi connectivity index (χ1) is 11.7. The van der Waals surface area contributed by atoms with Crippen molar-refractivity contribution in [3.8, 4) is 0 Å². The van der Waals surface area contributed by atoms with Crippen LogP contribution in [0.1, 0.15) is 20.8 Å². The number of carbonyl (C=O) groups is 3. The summed E-state index contributed by atoms with van der Waals surface area (Å²) in [4.78, 5) is 33.9. The van der Waals surface area contributed by atoms with Crippen molar-refractivity contribution in [3.05, 3.63) is 0 Å². The largest absolute Gasteiger partial charge is 0.462 e. The fourth-order valence-electron chi connectivity index (χ4n) is 2.60. The monoisotopic (exact) mass is 364 g/mol. The highest BCUT2D eigenvalue weighted by Crippen LogP contribution is 2.29. The van der Waals surface area contributed by atoms with Crippen molar-refractivity contribution in [2.45, 2.75) is 57.6 Å². The van der Waals surface area contributed by atoms with Crippen LogP contribution in [0.2, 0.25) is 0 Å². The van der Waals surface area contributed by atoms with Crippen molar-refractivity contribution in [3.63, 3.8) is 0 Å². The number of methoxy groups -OCH3 is 2. The van der Waals surface area contributed by atoms with Gasteiger partial charge in [0.05, 0.1) is 0 Å². The van der Waals surface area contributed by atoms with Crippen LogP contribution in [-0.4, -0.2) is 80.7 Å². The molecule has 6 atom stereocenters. The van der Waals surface area contributed by atoms with E-state index in [0.717, 1.165) is 6.92 Å². The fourth-order valence-corrected chi connectivity index (χ4v) is 2.60. The second kappa shape index (κ2) is 9.66. The van der Waals surface area contributed by atoms with Crippen molar-refractivity contribution in [2.24, 2.45) is 0 Å². The number of hydrogen-bond donors (Lipinski definition) is 1. The average Bonchev–Trinajstić information content (AvgIpc) is 2.51. The van der Waals surface area contributed by atoms with Crippen molar-refractivity contribution in [2.75, 3.05) is 20.8 Å². The van der Waals surface area contributed by atoms with Gasteiger partial charge in [-0.1, -0.05) is 0 Å². The van der Waals surface area contributed by atoms with Gasteiger partial charge in [0.1, 0.15) is 24.9 Å². The Morgan fingerprint density at radius 2 is 1.56 bits per heavy atom. The third kappa shape index (κ3) is 5.92. The topological polar surface area (TPSA) is 127 Å². The molecule has 0 saturated carbocycles. The molecule has 1 N–H and O–H groups in total. The van der Waals surface area contributed by atoms with E-state index in [-0.39, 0.29) is 6.61 Å². The molecule has 0 aromatic carbocycles. The van der Waals surface area contributed by atoms with Crippen LogP contribution >= 0.6 is 0 Å². The molecule has 10 heteroatoms. The van der Waals surface area contributed by atoms with Gasteiger partial charge in [-0.2, -0.15) is 0 Å². The Balaban J connectivity index is 3.14. The molecule has 1 rings (SSSR count). The lowest BCUT2D eigenvalue weighted by molar-refractivity contribution is -0.309. The first kappa shape index (κ1) is 21.3. The maximum absolute atomic E-state index is 11.5. The zero-order valence-corrected chi connectivity index (χ0v) is 14.8. The maximum atomic E-state index is 11.5. The van der Waals surface area contributed by atoms with Crippen molar-refractivity contribution in [1.29, 1.82) is 0 Å². The molecule has 1 fully saturated rings. The van der Waals surface area contributed by atoms with Crippen LogP contribution < -0.4 is 0 Å². The van der Waals surface area contributed by atoms with Gasteiger partial charge in [0.15, 0.2) is 18.5 Å². The number of hydrogen-bond acceptors (Lipinski definition) is 10. The molecule has 0 aliphatic carbocycles. The Morgan fingerprint density at radius 1 is 0.960 bits per heavy atom. The highest BCUT2D eigenvalue weighted by Gasteiger charge is 2.51. The molecular formula is C15H24O10. The molecule has 25 heavy (non-hydrogen) atoms. The Bertz CT molecular complexity index is 479. The standard InChI is InChI=1S/C15H24O10/c1-7(16)22-6-10(23-8(2)17)11-13(24-9(3)18)12(20-4)14(21-5)15(19)25-11/h10-15,19H,6H2,1-5H3/t10-,11-,12+,13-,14-,15?/m1/s1. The molecule has 0 bridgehead atoms. The molecule has 0 aromatic rings. The zero-order chi connectivity index (χ0) is 19.1. The molecule has 1 unspecified atom stereocenters. The minimum Gasteiger partial charge on any atom is -0.462 e. The highest BCUT2D eigenvalue weighted by molar-refractivity contribution is 5.67. The van der Waals surface area contributed by atoms with Crippen LogP contribution in [0.4, 0.5) is 0 Å². The van der Waals surface area contributed by atoms with Gasteiger partial charge in [0, 0.05) is 35.0 Å². The smallest absolute Gasteiger partial charge is 0.303 e. The Hall–Kier alpha value is -1.75. The third-order valence-corrected chi connectivity index (χ3v) is 3.53. The molecular weight excluding hydrogens is 340 g/mol. The molecule has 0 amide bonds. The van der Waals surface area contributed by atoms with Crippen molar-refractivity contribution < 1.29 is 47.9 Å². The maximum Gasteiger partial charge on any atom is 0.303 e. The van der Waals surface area contributed by atoms with Crippen molar-refractivity contribution >= 4 is 17.9 Å². The fraction of sp³-hybridized carbons (Fsp3) is 0.800. The van der Waals surface area contributed by atoms with Gasteiger partial charge < -0.3 is 33.5 Å². The van der Waals surface area contributed by atoms with Crippen molar-refractivity contribution in [1.82, 2.24) is 0 Å². The predicted molar refractivity (Wildman–Crippen MR) is 80.2 cm³/mol. The van der Waals surface area contributed by atoms with Gasteiger partial charge >= 0.3 is 17.9 Å². The van der Waals surface area contributed by atoms with Crippen LogP contribution in [0.15, 0.2) is 0 Å². The number of aliphatic hydroxyl groups is 1. The van der Waals surface area contributed by atoms with E-state index in [4.69, 9.17) is 28.4 Å². The molecule has 10 nitrogen and oxygen atoms in total. The molecule has 1 saturated heterocycles. The summed E-state index contributed by atoms with van der Waals surface area (Å²) in [7, 11) is 2.67. The average molecular weight is 364 g/mol. The summed E-state index contributed by atoms with van der Waals surface area (Å²) in [5.41, 5.74) is 0. The Morgan fingerprint density at radius 3 is 2.00 bits per heavy atom. The normalized spacial score (nSPS) is 30.2. The number of aliphatic hydroxyl groups excluding tert-OH is 1. The molecule has 1 aliphatic rings. The van der Waals surface area contributed by atoms with Crippen LogP contribution in [0, 0.1) is 0 Å². The van der Waals surface area contributed by atoms with Gasteiger partial charge in [-0.3, -0.25) is 14.4 Å². The quantitative estimate of drug-likeness (QED) is 0.451. The Kier molecular flexibility index (Phi) is 8.23. The zero-order valence-electron chi connectivity index (χ0n) is 14.8. The first-order valence-electron chi connectivity index (χ1n) is 7.58. The van der Waals surface area contributed by atoms with Crippen LogP contribution in [0.25, 0.3) is 0 Å². The van der Waals surface area contributed by atoms with Crippen LogP contribution in [0.5, 0.6) is 0 Å². The van der Waals surface area contributed by atoms with E-state index < -0.39 is 54.7 Å². The third-order valence-electron chi connectivity index (χ3n) is 3.53. The lowest BCUT2D eigenvalue weighted by Gasteiger charge is -2.44. The summed E-state index contributed by atoms with van der Waals surface area (Å²) in [5, 5.41) is 10.1. The highest BCUT2D eigenvalue weighted by atomic mass is 16.7. The van der Waals surface area contributed by atoms with E-state index in [0.29, 0.717) is 0 Å². The summed E-state index contributed by atoms with van der Waals surface area (Å²) in [5.74, 6) is -1.91. The van der Waals surface area contributed by atoms with Gasteiger partial charge in [0.2, 0.25) is 0 Å². The number of ether oxygens (including phenoxy) is 6. The molecule has 1 heterocycles. The first-order valence-corrected chi connectivity index (χ1v) is 7.58. The lowest BCUT2D eigenvalue weighted by atomic mass is 9.94. The molecule has 0 spiro atoms. The van der Waals surface area contributed by atoms with Crippen LogP contribution in [-0.2, 0) is 42.8 Å². The summed E-state index contributed by atoms with van der Waals surface area (Å²) < 4.78 is 31.1. The minimum atomic E-state index is -1.44. The van der Waals surface area contributed by atoms with Crippen LogP contribution in [0.3, 0.4) is 0 Å². The number of esters is 3. The van der Waals surface area contributed by atoms with E-state index in [9.17, 15) is 19.5 Å². The minimum absolute atomic E-state index is 0.349. The number of carbonyl (C=O) groups excluding carboxylic acids is 3. The SMILES string of the molecule is CO[C@H]1[C@H](OC(C)=O)[C@@H]([C@@H](COC(C)=O)OC(C)=O)OC(O)[C@@H]1OC. The van der Waals surface area contributed by atoms with E-state index in [1.807, 2.05) is 0 Å². The molecule has 144 valence electrons. The lowest BCUT2D eigenvalue weighted by Crippen LogP contribution is -2.63. The predicted octanol–water partition coefficient (Wildman–Crippen LogP) is -0.840. The summed E-state index contributed by atoms with van der Waals surface area (Å²) in [6.45, 7) is 3.18. The van der Waals surface area contributed by atoms with Gasteiger partial charge in [0.25, 0.3) is 0 Å². The summed E-state index contributed by atoms with van der Waals surface area (Å²) >= 11 is 0. The van der Waals surface area contributed by atoms with E-state index >= 15 is 0 Å². The Labute approximate surface area is 145 Å². The molecule has 0 radical (unpaired) electrons. The van der Waals surface area contributed by atoms with E-state index in [1.54, 1.807) is 0 Å². The summed E-state index contributed by atoms with van der Waals surface area (Å²) in [6.07, 6.45) is -6.64. The molecule has 0 aromatic heterocycles. The van der Waals surface area contributed by atoms with Gasteiger partial charge in [-0.15, -0.1) is 0 Å². The summed E-state index contributed by atoms with van der Waals surface area (Å²) in [6, 6.07) is 0. The second-order valence-electron chi connectivity index (χ2n) is 5.42. The van der Waals surface area contributed by atoms with E-state index in [2.05, 4.69) is 0 Å².